The van der Waals surface area contributed by atoms with E-state index in [0.717, 1.165) is 44.8 Å². The van der Waals surface area contributed by atoms with Gasteiger partial charge in [-0.2, -0.15) is 0 Å². The van der Waals surface area contributed by atoms with E-state index >= 15 is 0 Å². The van der Waals surface area contributed by atoms with Crippen LogP contribution in [0.2, 0.25) is 0 Å². The molecule has 1 amide bonds. The summed E-state index contributed by atoms with van der Waals surface area (Å²) < 4.78 is 26.5. The molecule has 0 spiro atoms. The molecule has 2 aromatic carbocycles. The fraction of sp³-hybridized carbons (Fsp3) is 0.444. The summed E-state index contributed by atoms with van der Waals surface area (Å²) in [6.45, 7) is 4.50. The third-order valence-corrected chi connectivity index (χ3v) is 7.03. The monoisotopic (exact) mass is 438 g/mol. The highest BCUT2D eigenvalue weighted by atomic mass is 19.1. The van der Waals surface area contributed by atoms with Crippen LogP contribution in [0.25, 0.3) is 6.08 Å². The van der Waals surface area contributed by atoms with Gasteiger partial charge in [-0.05, 0) is 99.4 Å². The molecule has 2 aromatic rings. The van der Waals surface area contributed by atoms with Gasteiger partial charge in [-0.1, -0.05) is 24.3 Å². The number of carbonyl (C=O) groups excluding carboxylic acids is 1. The first-order chi connectivity index (χ1) is 15.5. The lowest BCUT2D eigenvalue weighted by molar-refractivity contribution is -0.117. The molecule has 32 heavy (non-hydrogen) atoms. The van der Waals surface area contributed by atoms with E-state index in [4.69, 9.17) is 0 Å². The van der Waals surface area contributed by atoms with Crippen LogP contribution in [0.1, 0.15) is 61.1 Å². The highest BCUT2D eigenvalue weighted by Crippen LogP contribution is 2.33. The molecule has 0 aromatic heterocycles. The highest BCUT2D eigenvalue weighted by molar-refractivity contribution is 5.91. The van der Waals surface area contributed by atoms with Crippen LogP contribution in [0.3, 0.4) is 0 Å². The standard InChI is InChI=1S/C27H32F2N2O/c1-19-4-2-3-5-26(19)21-12-14-31(15-13-21)25-9-7-24(8-10-25)30-27(32)11-6-20-16-22(28)18-23(29)17-20/h2-6,11,16-18,21,24-25H,7-10,12-15H2,1H3,(H,30,32)/b11-6+. The molecule has 0 radical (unpaired) electrons. The molecule has 1 saturated carbocycles. The van der Waals surface area contributed by atoms with Crippen LogP contribution in [0.15, 0.2) is 48.5 Å². The van der Waals surface area contributed by atoms with Crippen molar-refractivity contribution in [3.8, 4) is 0 Å². The normalized spacial score (nSPS) is 22.8. The maximum absolute atomic E-state index is 13.3. The van der Waals surface area contributed by atoms with Crippen LogP contribution >= 0.6 is 0 Å². The minimum absolute atomic E-state index is 0.164. The Morgan fingerprint density at radius 1 is 0.969 bits per heavy atom. The second-order valence-corrected chi connectivity index (χ2v) is 9.22. The summed E-state index contributed by atoms with van der Waals surface area (Å²) in [5.41, 5.74) is 3.25. The molecule has 2 aliphatic rings. The van der Waals surface area contributed by atoms with E-state index < -0.39 is 11.6 Å². The predicted octanol–water partition coefficient (Wildman–Crippen LogP) is 5.59. The molecule has 2 fully saturated rings. The summed E-state index contributed by atoms with van der Waals surface area (Å²) >= 11 is 0. The highest BCUT2D eigenvalue weighted by Gasteiger charge is 2.30. The zero-order chi connectivity index (χ0) is 22.5. The number of rotatable bonds is 5. The van der Waals surface area contributed by atoms with Gasteiger partial charge in [0, 0.05) is 24.2 Å². The van der Waals surface area contributed by atoms with Crippen molar-refractivity contribution in [1.29, 1.82) is 0 Å². The van der Waals surface area contributed by atoms with Crippen molar-refractivity contribution in [3.05, 3.63) is 76.9 Å². The number of benzene rings is 2. The van der Waals surface area contributed by atoms with E-state index in [1.54, 1.807) is 0 Å². The number of likely N-dealkylation sites (tertiary alicyclic amines) is 1. The fourth-order valence-corrected chi connectivity index (χ4v) is 5.30. The molecule has 1 N–H and O–H groups in total. The maximum Gasteiger partial charge on any atom is 0.244 e. The van der Waals surface area contributed by atoms with Crippen molar-refractivity contribution in [2.45, 2.75) is 63.5 Å². The van der Waals surface area contributed by atoms with Gasteiger partial charge in [0.05, 0.1) is 0 Å². The van der Waals surface area contributed by atoms with Crippen molar-refractivity contribution in [2.75, 3.05) is 13.1 Å². The van der Waals surface area contributed by atoms with Crippen LogP contribution in [0.5, 0.6) is 0 Å². The van der Waals surface area contributed by atoms with Gasteiger partial charge in [-0.25, -0.2) is 8.78 Å². The molecule has 1 saturated heterocycles. The van der Waals surface area contributed by atoms with Crippen molar-refractivity contribution < 1.29 is 13.6 Å². The average molecular weight is 439 g/mol. The Morgan fingerprint density at radius 2 is 1.62 bits per heavy atom. The number of amides is 1. The summed E-state index contributed by atoms with van der Waals surface area (Å²) in [6.07, 6.45) is 9.37. The SMILES string of the molecule is Cc1ccccc1C1CCN(C2CCC(NC(=O)/C=C/c3cc(F)cc(F)c3)CC2)CC1. The van der Waals surface area contributed by atoms with Crippen molar-refractivity contribution >= 4 is 12.0 Å². The van der Waals surface area contributed by atoms with E-state index in [-0.39, 0.29) is 11.9 Å². The molecule has 1 heterocycles. The Bertz CT molecular complexity index is 938. The Balaban J connectivity index is 1.21. The van der Waals surface area contributed by atoms with E-state index in [1.807, 2.05) is 0 Å². The number of nitrogens with one attached hydrogen (secondary N) is 1. The van der Waals surface area contributed by atoms with Crippen molar-refractivity contribution in [2.24, 2.45) is 0 Å². The van der Waals surface area contributed by atoms with Gasteiger partial charge in [-0.3, -0.25) is 4.79 Å². The van der Waals surface area contributed by atoms with Gasteiger partial charge < -0.3 is 10.2 Å². The number of piperidine rings is 1. The molecule has 0 bridgehead atoms. The minimum atomic E-state index is -0.647. The smallest absolute Gasteiger partial charge is 0.244 e. The van der Waals surface area contributed by atoms with Gasteiger partial charge in [0.15, 0.2) is 0 Å². The van der Waals surface area contributed by atoms with E-state index in [0.29, 0.717) is 17.5 Å². The number of halogens is 2. The molecule has 4 rings (SSSR count). The zero-order valence-corrected chi connectivity index (χ0v) is 18.7. The molecule has 0 atom stereocenters. The van der Waals surface area contributed by atoms with E-state index in [2.05, 4.69) is 41.4 Å². The first-order valence-corrected chi connectivity index (χ1v) is 11.7. The van der Waals surface area contributed by atoms with Gasteiger partial charge in [0.1, 0.15) is 11.6 Å². The summed E-state index contributed by atoms with van der Waals surface area (Å²) in [7, 11) is 0. The number of aryl methyl sites for hydroxylation is 1. The molecule has 170 valence electrons. The molecular weight excluding hydrogens is 406 g/mol. The topological polar surface area (TPSA) is 32.3 Å². The molecule has 1 aliphatic carbocycles. The molecule has 0 unspecified atom stereocenters. The minimum Gasteiger partial charge on any atom is -0.350 e. The van der Waals surface area contributed by atoms with Crippen molar-refractivity contribution in [1.82, 2.24) is 10.2 Å². The van der Waals surface area contributed by atoms with Gasteiger partial charge in [0.25, 0.3) is 0 Å². The second kappa shape index (κ2) is 10.4. The lowest BCUT2D eigenvalue weighted by atomic mass is 9.84. The van der Waals surface area contributed by atoms with Crippen LogP contribution in [-0.4, -0.2) is 36.0 Å². The van der Waals surface area contributed by atoms with E-state index in [1.165, 1.54) is 48.3 Å². The number of hydrogen-bond acceptors (Lipinski definition) is 2. The predicted molar refractivity (Wildman–Crippen MR) is 124 cm³/mol. The molecular formula is C27H32F2N2O. The number of hydrogen-bond donors (Lipinski definition) is 1. The van der Waals surface area contributed by atoms with Crippen LogP contribution in [-0.2, 0) is 4.79 Å². The summed E-state index contributed by atoms with van der Waals surface area (Å²) in [6, 6.07) is 12.8. The molecule has 5 heteroatoms. The molecule has 3 nitrogen and oxygen atoms in total. The Kier molecular flexibility index (Phi) is 7.36. The summed E-state index contributed by atoms with van der Waals surface area (Å²) in [5.74, 6) is -0.837. The largest absolute Gasteiger partial charge is 0.350 e. The van der Waals surface area contributed by atoms with Crippen molar-refractivity contribution in [3.63, 3.8) is 0 Å². The third kappa shape index (κ3) is 5.83. The van der Waals surface area contributed by atoms with Crippen LogP contribution in [0.4, 0.5) is 8.78 Å². The summed E-state index contributed by atoms with van der Waals surface area (Å²) in [5, 5.41) is 3.04. The van der Waals surface area contributed by atoms with Gasteiger partial charge >= 0.3 is 0 Å². The third-order valence-electron chi connectivity index (χ3n) is 7.03. The molecule has 1 aliphatic heterocycles. The quantitative estimate of drug-likeness (QED) is 0.617. The van der Waals surface area contributed by atoms with Gasteiger partial charge in [0.2, 0.25) is 5.91 Å². The summed E-state index contributed by atoms with van der Waals surface area (Å²) in [4.78, 5) is 14.9. The lowest BCUT2D eigenvalue weighted by Crippen LogP contribution is -2.46. The second-order valence-electron chi connectivity index (χ2n) is 9.22. The number of nitrogens with zero attached hydrogens (tertiary/aromatic N) is 1. The number of carbonyl (C=O) groups is 1. The first-order valence-electron chi connectivity index (χ1n) is 11.7. The first kappa shape index (κ1) is 22.7. The zero-order valence-electron chi connectivity index (χ0n) is 18.7. The van der Waals surface area contributed by atoms with E-state index in [9.17, 15) is 13.6 Å². The van der Waals surface area contributed by atoms with Crippen LogP contribution in [0, 0.1) is 18.6 Å². The lowest BCUT2D eigenvalue weighted by Gasteiger charge is -2.41. The van der Waals surface area contributed by atoms with Gasteiger partial charge in [-0.15, -0.1) is 0 Å². The van der Waals surface area contributed by atoms with Crippen LogP contribution < -0.4 is 5.32 Å². The Morgan fingerprint density at radius 3 is 2.28 bits per heavy atom. The fourth-order valence-electron chi connectivity index (χ4n) is 5.30. The Labute approximate surface area is 189 Å². The Hall–Kier alpha value is -2.53. The average Bonchev–Trinajstić information content (AvgIpc) is 2.78. The maximum atomic E-state index is 13.3.